The van der Waals surface area contributed by atoms with E-state index in [0.717, 1.165) is 6.42 Å². The van der Waals surface area contributed by atoms with Gasteiger partial charge in [-0.3, -0.25) is 9.36 Å². The van der Waals surface area contributed by atoms with Gasteiger partial charge >= 0.3 is 6.18 Å². The molecule has 0 N–H and O–H groups in total. The van der Waals surface area contributed by atoms with Crippen LogP contribution in [0.3, 0.4) is 0 Å². The van der Waals surface area contributed by atoms with E-state index < -0.39 is 12.2 Å². The van der Waals surface area contributed by atoms with Crippen molar-refractivity contribution < 1.29 is 22.6 Å². The van der Waals surface area contributed by atoms with E-state index in [9.17, 15) is 18.0 Å². The Morgan fingerprint density at radius 2 is 2.07 bits per heavy atom. The van der Waals surface area contributed by atoms with Crippen molar-refractivity contribution in [3.8, 4) is 0 Å². The van der Waals surface area contributed by atoms with Crippen molar-refractivity contribution in [2.24, 2.45) is 0 Å². The standard InChI is InChI=1S/C18H25F3N4O3/c1-12-11-27-8-6-23(12)15-9-16(26)24-5-4-14(18(19,20)21)25(17(24)22-15)10-13-3-2-7-28-13/h9,12-14H,2-8,10-11H2,1H3/t12-,13?,14?/m1/s1. The minimum absolute atomic E-state index is 0.00248. The Bertz CT molecular complexity index is 763. The fourth-order valence-electron chi connectivity index (χ4n) is 4.23. The molecule has 2 saturated heterocycles. The van der Waals surface area contributed by atoms with E-state index in [4.69, 9.17) is 9.47 Å². The monoisotopic (exact) mass is 402 g/mol. The Balaban J connectivity index is 1.73. The quantitative estimate of drug-likeness (QED) is 0.768. The van der Waals surface area contributed by atoms with Gasteiger partial charge in [0.1, 0.15) is 11.9 Å². The molecule has 156 valence electrons. The average Bonchev–Trinajstić information content (AvgIpc) is 3.14. The van der Waals surface area contributed by atoms with Crippen molar-refractivity contribution >= 4 is 11.8 Å². The summed E-state index contributed by atoms with van der Waals surface area (Å²) in [5, 5.41) is 0. The number of nitrogens with zero attached hydrogens (tertiary/aromatic N) is 4. The Hall–Kier alpha value is -1.81. The Morgan fingerprint density at radius 3 is 2.75 bits per heavy atom. The molecule has 1 aromatic rings. The third kappa shape index (κ3) is 3.71. The van der Waals surface area contributed by atoms with Crippen LogP contribution in [-0.4, -0.2) is 66.8 Å². The van der Waals surface area contributed by atoms with Gasteiger partial charge in [0.25, 0.3) is 5.56 Å². The van der Waals surface area contributed by atoms with Crippen LogP contribution in [0.15, 0.2) is 10.9 Å². The van der Waals surface area contributed by atoms with Crippen LogP contribution in [0.25, 0.3) is 0 Å². The number of aromatic nitrogens is 2. The SMILES string of the molecule is C[C@@H]1COCCN1c1cc(=O)n2c(n1)N(CC1CCCO1)C(C(F)(F)F)CC2. The highest BCUT2D eigenvalue weighted by Crippen LogP contribution is 2.35. The first kappa shape index (κ1) is 19.5. The summed E-state index contributed by atoms with van der Waals surface area (Å²) in [4.78, 5) is 20.4. The highest BCUT2D eigenvalue weighted by Gasteiger charge is 2.47. The summed E-state index contributed by atoms with van der Waals surface area (Å²) in [6.45, 7) is 4.12. The summed E-state index contributed by atoms with van der Waals surface area (Å²) in [7, 11) is 0. The third-order valence-electron chi connectivity index (χ3n) is 5.70. The molecule has 0 amide bonds. The topological polar surface area (TPSA) is 59.8 Å². The second kappa shape index (κ2) is 7.55. The van der Waals surface area contributed by atoms with E-state index in [1.807, 2.05) is 11.8 Å². The molecule has 0 spiro atoms. The van der Waals surface area contributed by atoms with Crippen LogP contribution >= 0.6 is 0 Å². The maximum absolute atomic E-state index is 13.8. The van der Waals surface area contributed by atoms with Crippen molar-refractivity contribution in [1.82, 2.24) is 9.55 Å². The molecule has 0 saturated carbocycles. The molecule has 2 fully saturated rings. The molecule has 7 nitrogen and oxygen atoms in total. The van der Waals surface area contributed by atoms with Crippen molar-refractivity contribution in [3.63, 3.8) is 0 Å². The Kier molecular flexibility index (Phi) is 5.26. The highest BCUT2D eigenvalue weighted by atomic mass is 19.4. The summed E-state index contributed by atoms with van der Waals surface area (Å²) in [5.74, 6) is 0.498. The Morgan fingerprint density at radius 1 is 1.25 bits per heavy atom. The first-order valence-electron chi connectivity index (χ1n) is 9.76. The number of halogens is 3. The number of hydrogen-bond donors (Lipinski definition) is 0. The van der Waals surface area contributed by atoms with Crippen molar-refractivity contribution in [2.45, 2.75) is 57.1 Å². The summed E-state index contributed by atoms with van der Waals surface area (Å²) in [5.41, 5.74) is -0.323. The van der Waals surface area contributed by atoms with E-state index in [0.29, 0.717) is 38.6 Å². The molecule has 1 aromatic heterocycles. The van der Waals surface area contributed by atoms with Crippen LogP contribution < -0.4 is 15.4 Å². The average molecular weight is 402 g/mol. The van der Waals surface area contributed by atoms with Crippen molar-refractivity contribution in [1.29, 1.82) is 0 Å². The van der Waals surface area contributed by atoms with Gasteiger partial charge in [0.15, 0.2) is 0 Å². The van der Waals surface area contributed by atoms with E-state index in [-0.39, 0.29) is 43.2 Å². The Labute approximate surface area is 161 Å². The molecular weight excluding hydrogens is 377 g/mol. The zero-order valence-electron chi connectivity index (χ0n) is 15.8. The zero-order valence-corrected chi connectivity index (χ0v) is 15.8. The number of ether oxygens (including phenoxy) is 2. The van der Waals surface area contributed by atoms with Gasteiger partial charge in [-0.15, -0.1) is 0 Å². The van der Waals surface area contributed by atoms with Crippen molar-refractivity contribution in [2.75, 3.05) is 42.7 Å². The molecule has 3 atom stereocenters. The minimum atomic E-state index is -4.40. The summed E-state index contributed by atoms with van der Waals surface area (Å²) in [6.07, 6.45) is -3.30. The predicted octanol–water partition coefficient (Wildman–Crippen LogP) is 1.79. The second-order valence-electron chi connectivity index (χ2n) is 7.66. The number of alkyl halides is 3. The van der Waals surface area contributed by atoms with Crippen LogP contribution in [0, 0.1) is 0 Å². The molecule has 0 radical (unpaired) electrons. The first-order chi connectivity index (χ1) is 13.3. The van der Waals surface area contributed by atoms with Crippen LogP contribution in [0.5, 0.6) is 0 Å². The largest absolute Gasteiger partial charge is 0.408 e. The smallest absolute Gasteiger partial charge is 0.377 e. The van der Waals surface area contributed by atoms with Gasteiger partial charge in [-0.05, 0) is 26.2 Å². The maximum Gasteiger partial charge on any atom is 0.408 e. The zero-order chi connectivity index (χ0) is 19.9. The van der Waals surface area contributed by atoms with Crippen LogP contribution in [0.4, 0.5) is 24.9 Å². The molecule has 0 aliphatic carbocycles. The fraction of sp³-hybridized carbons (Fsp3) is 0.778. The van der Waals surface area contributed by atoms with Gasteiger partial charge < -0.3 is 19.3 Å². The van der Waals surface area contributed by atoms with Crippen LogP contribution in [0.2, 0.25) is 0 Å². The van der Waals surface area contributed by atoms with Gasteiger partial charge in [0.05, 0.1) is 25.4 Å². The second-order valence-corrected chi connectivity index (χ2v) is 7.66. The number of morpholine rings is 1. The summed E-state index contributed by atoms with van der Waals surface area (Å²) in [6, 6.07) is -0.248. The summed E-state index contributed by atoms with van der Waals surface area (Å²) < 4.78 is 53.6. The van der Waals surface area contributed by atoms with Gasteiger partial charge in [-0.2, -0.15) is 18.2 Å². The predicted molar refractivity (Wildman–Crippen MR) is 96.9 cm³/mol. The molecule has 3 aliphatic heterocycles. The van der Waals surface area contributed by atoms with Gasteiger partial charge in [-0.1, -0.05) is 0 Å². The minimum Gasteiger partial charge on any atom is -0.377 e. The first-order valence-corrected chi connectivity index (χ1v) is 9.76. The lowest BCUT2D eigenvalue weighted by molar-refractivity contribution is -0.153. The number of hydrogen-bond acceptors (Lipinski definition) is 6. The van der Waals surface area contributed by atoms with Crippen molar-refractivity contribution in [3.05, 3.63) is 16.4 Å². The van der Waals surface area contributed by atoms with E-state index in [2.05, 4.69) is 4.98 Å². The van der Waals surface area contributed by atoms with E-state index in [1.165, 1.54) is 15.5 Å². The van der Waals surface area contributed by atoms with E-state index in [1.54, 1.807) is 0 Å². The molecule has 4 heterocycles. The van der Waals surface area contributed by atoms with Gasteiger partial charge in [-0.25, -0.2) is 0 Å². The lowest BCUT2D eigenvalue weighted by Crippen LogP contribution is -2.55. The molecule has 0 aromatic carbocycles. The molecular formula is C18H25F3N4O3. The lowest BCUT2D eigenvalue weighted by atomic mass is 10.1. The fourth-order valence-corrected chi connectivity index (χ4v) is 4.23. The highest BCUT2D eigenvalue weighted by molar-refractivity contribution is 5.47. The molecule has 28 heavy (non-hydrogen) atoms. The lowest BCUT2D eigenvalue weighted by Gasteiger charge is -2.41. The van der Waals surface area contributed by atoms with E-state index >= 15 is 0 Å². The molecule has 3 aliphatic rings. The molecule has 2 unspecified atom stereocenters. The normalized spacial score (nSPS) is 28.5. The molecule has 0 bridgehead atoms. The maximum atomic E-state index is 13.8. The summed E-state index contributed by atoms with van der Waals surface area (Å²) >= 11 is 0. The molecule has 10 heteroatoms. The van der Waals surface area contributed by atoms with Crippen LogP contribution in [-0.2, 0) is 16.0 Å². The number of fused-ring (bicyclic) bond motifs is 1. The van der Waals surface area contributed by atoms with Gasteiger partial charge in [0, 0.05) is 32.3 Å². The van der Waals surface area contributed by atoms with Crippen LogP contribution in [0.1, 0.15) is 26.2 Å². The van der Waals surface area contributed by atoms with Gasteiger partial charge in [0.2, 0.25) is 5.95 Å². The number of anilines is 2. The molecule has 4 rings (SSSR count). The third-order valence-corrected chi connectivity index (χ3v) is 5.70. The number of rotatable bonds is 3.